The lowest BCUT2D eigenvalue weighted by Crippen LogP contribution is -2.61. The second kappa shape index (κ2) is 15.3. The highest BCUT2D eigenvalue weighted by Gasteiger charge is 2.60. The standard InChI is InChI=1S/C41H51F3N8O5/c1-22-8-7-9-28(35(53)45-5)32(22)50-34-29(41(42,43)44)20-46-37(51-34)49-30-11-10-26(16-31(30)56-6)47-36(54)40-17-23-14-24(18-40)33(25(15-23)19-40)52-13-12-27(21-52)48-38(55)57-39(2,3)4/h7-11,16,20,23-25,27,33H,12-15,17-19,21H2,1-6H3,(H,45,53)(H,47,54)(H,48,55)(H2,46,49,50,51)/t23?,24?,25?,27-,33-,40+/m0/s1. The number of rotatable bonds is 10. The fourth-order valence-electron chi connectivity index (χ4n) is 9.80. The van der Waals surface area contributed by atoms with Crippen molar-refractivity contribution in [3.05, 3.63) is 59.3 Å². The third-order valence-electron chi connectivity index (χ3n) is 11.9. The van der Waals surface area contributed by atoms with E-state index in [2.05, 4.69) is 41.5 Å². The number of alkyl carbamates (subject to hydrolysis) is 1. The van der Waals surface area contributed by atoms with Crippen LogP contribution < -0.4 is 31.3 Å². The lowest BCUT2D eigenvalue weighted by atomic mass is 9.47. The maximum absolute atomic E-state index is 14.2. The third-order valence-corrected chi connectivity index (χ3v) is 11.9. The number of carbonyl (C=O) groups excluding carboxylic acids is 3. The molecule has 4 saturated carbocycles. The van der Waals surface area contributed by atoms with E-state index in [9.17, 15) is 27.6 Å². The van der Waals surface area contributed by atoms with Gasteiger partial charge in [0.05, 0.1) is 29.5 Å². The normalized spacial score (nSPS) is 25.5. The minimum absolute atomic E-state index is 0.0110. The van der Waals surface area contributed by atoms with Gasteiger partial charge in [0.15, 0.2) is 0 Å². The van der Waals surface area contributed by atoms with Gasteiger partial charge in [0.25, 0.3) is 5.91 Å². The lowest BCUT2D eigenvalue weighted by Gasteiger charge is -2.61. The van der Waals surface area contributed by atoms with Crippen LogP contribution in [0.4, 0.5) is 46.8 Å². The fourth-order valence-corrected chi connectivity index (χ4v) is 9.80. The average Bonchev–Trinajstić information content (AvgIpc) is 3.58. The monoisotopic (exact) mass is 792 g/mol. The van der Waals surface area contributed by atoms with Gasteiger partial charge in [0.1, 0.15) is 22.7 Å². The van der Waals surface area contributed by atoms with E-state index in [1.165, 1.54) is 20.2 Å². The van der Waals surface area contributed by atoms with E-state index >= 15 is 0 Å². The molecule has 4 aliphatic carbocycles. The summed E-state index contributed by atoms with van der Waals surface area (Å²) < 4.78 is 53.5. The number of ether oxygens (including phenoxy) is 2. The summed E-state index contributed by atoms with van der Waals surface area (Å²) in [5, 5.41) is 14.4. The van der Waals surface area contributed by atoms with E-state index in [1.54, 1.807) is 37.3 Å². The number of nitrogens with zero attached hydrogens (tertiary/aromatic N) is 3. The number of amides is 3. The number of likely N-dealkylation sites (tertiary alicyclic amines) is 1. The quantitative estimate of drug-likeness (QED) is 0.140. The number of aromatic nitrogens is 2. The molecule has 0 radical (unpaired) electrons. The Bertz CT molecular complexity index is 2020. The van der Waals surface area contributed by atoms with Gasteiger partial charge in [0.2, 0.25) is 11.9 Å². The van der Waals surface area contributed by atoms with Crippen molar-refractivity contribution in [3.63, 3.8) is 0 Å². The third kappa shape index (κ3) is 8.46. The molecule has 3 aromatic rings. The number of aryl methyl sites for hydroxylation is 1. The van der Waals surface area contributed by atoms with Crippen molar-refractivity contribution >= 4 is 46.7 Å². The first-order valence-electron chi connectivity index (χ1n) is 19.5. The topological polar surface area (TPSA) is 159 Å². The van der Waals surface area contributed by atoms with Crippen molar-refractivity contribution in [1.82, 2.24) is 25.5 Å². The molecule has 2 heterocycles. The van der Waals surface area contributed by atoms with E-state index in [-0.39, 0.29) is 35.2 Å². The zero-order valence-electron chi connectivity index (χ0n) is 33.1. The first-order valence-corrected chi connectivity index (χ1v) is 19.5. The molecule has 4 bridgehead atoms. The fraction of sp³-hybridized carbons (Fsp3) is 0.537. The van der Waals surface area contributed by atoms with Gasteiger partial charge in [-0.25, -0.2) is 9.78 Å². The summed E-state index contributed by atoms with van der Waals surface area (Å²) in [5.41, 5.74) is -0.373. The Hall–Kier alpha value is -5.12. The van der Waals surface area contributed by atoms with Gasteiger partial charge in [-0.2, -0.15) is 18.2 Å². The van der Waals surface area contributed by atoms with Crippen molar-refractivity contribution in [1.29, 1.82) is 0 Å². The Morgan fingerprint density at radius 2 is 1.74 bits per heavy atom. The molecular weight excluding hydrogens is 741 g/mol. The minimum atomic E-state index is -4.79. The van der Waals surface area contributed by atoms with Crippen LogP contribution in [0.15, 0.2) is 42.6 Å². The van der Waals surface area contributed by atoms with Gasteiger partial charge >= 0.3 is 12.3 Å². The molecule has 5 N–H and O–H groups in total. The van der Waals surface area contributed by atoms with Crippen molar-refractivity contribution < 1.29 is 37.0 Å². The van der Waals surface area contributed by atoms with E-state index in [1.807, 2.05) is 20.8 Å². The predicted molar refractivity (Wildman–Crippen MR) is 209 cm³/mol. The summed E-state index contributed by atoms with van der Waals surface area (Å²) in [6, 6.07) is 10.3. The first-order chi connectivity index (χ1) is 26.9. The molecule has 57 heavy (non-hydrogen) atoms. The Morgan fingerprint density at radius 1 is 1.00 bits per heavy atom. The van der Waals surface area contributed by atoms with Crippen LogP contribution >= 0.6 is 0 Å². The molecule has 2 unspecified atom stereocenters. The summed E-state index contributed by atoms with van der Waals surface area (Å²) in [6.07, 6.45) is 1.05. The van der Waals surface area contributed by atoms with E-state index < -0.39 is 34.5 Å². The summed E-state index contributed by atoms with van der Waals surface area (Å²) in [5.74, 6) is 0.432. The summed E-state index contributed by atoms with van der Waals surface area (Å²) in [7, 11) is 2.89. The summed E-state index contributed by atoms with van der Waals surface area (Å²) in [4.78, 5) is 49.8. The van der Waals surface area contributed by atoms with Crippen LogP contribution in [0.3, 0.4) is 0 Å². The molecule has 5 fully saturated rings. The number of para-hydroxylation sites is 1. The van der Waals surface area contributed by atoms with Gasteiger partial charge in [-0.1, -0.05) is 12.1 Å². The molecule has 1 aromatic heterocycles. The van der Waals surface area contributed by atoms with Gasteiger partial charge in [-0.15, -0.1) is 0 Å². The number of benzene rings is 2. The summed E-state index contributed by atoms with van der Waals surface area (Å²) in [6.45, 7) is 8.92. The van der Waals surface area contributed by atoms with Crippen LogP contribution in [-0.4, -0.2) is 77.7 Å². The molecule has 3 atom stereocenters. The number of methoxy groups -OCH3 is 1. The molecule has 16 heteroatoms. The Labute approximate surface area is 330 Å². The number of alkyl halides is 3. The van der Waals surface area contributed by atoms with Crippen molar-refractivity contribution in [2.45, 2.75) is 90.1 Å². The van der Waals surface area contributed by atoms with Crippen LogP contribution in [0.1, 0.15) is 80.8 Å². The number of halogens is 3. The van der Waals surface area contributed by atoms with Crippen LogP contribution in [0.5, 0.6) is 5.75 Å². The molecular formula is C41H51F3N8O5. The van der Waals surface area contributed by atoms with Crippen LogP contribution in [-0.2, 0) is 15.7 Å². The maximum Gasteiger partial charge on any atom is 0.421 e. The second-order valence-corrected chi connectivity index (χ2v) is 17.0. The average molecular weight is 793 g/mol. The molecule has 1 aliphatic heterocycles. The van der Waals surface area contributed by atoms with Crippen LogP contribution in [0.25, 0.3) is 0 Å². The molecule has 13 nitrogen and oxygen atoms in total. The molecule has 306 valence electrons. The zero-order chi connectivity index (χ0) is 40.9. The molecule has 3 amide bonds. The van der Waals surface area contributed by atoms with Gasteiger partial charge in [-0.05, 0) is 108 Å². The predicted octanol–water partition coefficient (Wildman–Crippen LogP) is 7.39. The second-order valence-electron chi connectivity index (χ2n) is 17.0. The van der Waals surface area contributed by atoms with Crippen molar-refractivity contribution in [3.8, 4) is 5.75 Å². The van der Waals surface area contributed by atoms with Crippen LogP contribution in [0.2, 0.25) is 0 Å². The highest BCUT2D eigenvalue weighted by molar-refractivity contribution is 6.01. The van der Waals surface area contributed by atoms with E-state index in [0.29, 0.717) is 52.7 Å². The number of anilines is 5. The molecule has 0 spiro atoms. The Morgan fingerprint density at radius 3 is 2.40 bits per heavy atom. The van der Waals surface area contributed by atoms with Gasteiger partial charge in [-0.3, -0.25) is 14.5 Å². The number of hydrogen-bond donors (Lipinski definition) is 5. The SMILES string of the molecule is CNC(=O)c1cccc(C)c1Nc1nc(Nc2ccc(NC(=O)[C@]34CC5CC(C3)[C@H](N3CC[C@H](NC(=O)OC(C)(C)C)C3)C(C5)C4)cc2OC)ncc1C(F)(F)F. The smallest absolute Gasteiger partial charge is 0.421 e. The maximum atomic E-state index is 14.2. The van der Waals surface area contributed by atoms with E-state index in [0.717, 1.165) is 51.6 Å². The molecule has 8 rings (SSSR count). The zero-order valence-corrected chi connectivity index (χ0v) is 33.1. The highest BCUT2D eigenvalue weighted by Crippen LogP contribution is 2.61. The number of hydrogen-bond acceptors (Lipinski definition) is 10. The first kappa shape index (κ1) is 40.1. The number of nitrogens with one attached hydrogen (secondary N) is 5. The van der Waals surface area contributed by atoms with Gasteiger partial charge < -0.3 is 36.1 Å². The molecule has 1 saturated heterocycles. The summed E-state index contributed by atoms with van der Waals surface area (Å²) >= 11 is 0. The van der Waals surface area contributed by atoms with E-state index in [4.69, 9.17) is 9.47 Å². The Balaban J connectivity index is 1.04. The molecule has 2 aromatic carbocycles. The highest BCUT2D eigenvalue weighted by atomic mass is 19.4. The largest absolute Gasteiger partial charge is 0.494 e. The van der Waals surface area contributed by atoms with Crippen molar-refractivity contribution in [2.75, 3.05) is 43.2 Å². The van der Waals surface area contributed by atoms with Crippen LogP contribution in [0, 0.1) is 30.1 Å². The Kier molecular flexibility index (Phi) is 10.8. The van der Waals surface area contributed by atoms with Crippen molar-refractivity contribution in [2.24, 2.45) is 23.2 Å². The minimum Gasteiger partial charge on any atom is -0.494 e. The lowest BCUT2D eigenvalue weighted by molar-refractivity contribution is -0.150. The molecule has 5 aliphatic rings. The van der Waals surface area contributed by atoms with Gasteiger partial charge in [0, 0.05) is 50.2 Å². The number of carbonyl (C=O) groups is 3.